The van der Waals surface area contributed by atoms with Crippen LogP contribution in [-0.2, 0) is 0 Å². The number of rotatable bonds is 1. The van der Waals surface area contributed by atoms with Gasteiger partial charge in [0, 0.05) is 9.86 Å². The van der Waals surface area contributed by atoms with Gasteiger partial charge in [-0.2, -0.15) is 0 Å². The van der Waals surface area contributed by atoms with E-state index in [0.29, 0.717) is 0 Å². The second-order valence-electron chi connectivity index (χ2n) is 5.56. The lowest BCUT2D eigenvalue weighted by molar-refractivity contribution is -0.880. The Labute approximate surface area is 130 Å². The number of aromatic nitrogens is 2. The van der Waals surface area contributed by atoms with Crippen LogP contribution in [0.2, 0.25) is 0 Å². The molecule has 1 aliphatic rings. The van der Waals surface area contributed by atoms with E-state index in [4.69, 9.17) is 4.42 Å². The van der Waals surface area contributed by atoms with Crippen LogP contribution in [0.4, 0.5) is 5.82 Å². The lowest BCUT2D eigenvalue weighted by Gasteiger charge is -2.30. The van der Waals surface area contributed by atoms with E-state index in [2.05, 4.69) is 37.8 Å². The molecule has 0 aliphatic carbocycles. The number of nitrogens with one attached hydrogen (secondary N) is 1. The topological polar surface area (TPSA) is 46.6 Å². The van der Waals surface area contributed by atoms with E-state index >= 15 is 0 Å². The van der Waals surface area contributed by atoms with Crippen LogP contribution in [0, 0.1) is 0 Å². The molecule has 1 fully saturated rings. The third-order valence-corrected chi connectivity index (χ3v) is 4.60. The van der Waals surface area contributed by atoms with E-state index in [9.17, 15) is 0 Å². The molecule has 1 aromatic carbocycles. The fourth-order valence-corrected chi connectivity index (χ4v) is 3.22. The summed E-state index contributed by atoms with van der Waals surface area (Å²) in [6.45, 7) is 4.24. The van der Waals surface area contributed by atoms with Crippen molar-refractivity contribution >= 4 is 43.8 Å². The van der Waals surface area contributed by atoms with Crippen molar-refractivity contribution < 1.29 is 9.32 Å². The van der Waals surface area contributed by atoms with Gasteiger partial charge in [0.2, 0.25) is 0 Å². The quantitative estimate of drug-likeness (QED) is 0.724. The van der Waals surface area contributed by atoms with Crippen molar-refractivity contribution in [3.8, 4) is 0 Å². The minimum Gasteiger partial charge on any atom is -0.450 e. The predicted octanol–water partition coefficient (Wildman–Crippen LogP) is 1.47. The Bertz CT molecular complexity index is 808. The standard InChI is InChI=1S/C15H15BrN4O/c1-19-4-6-20(7-5-19)15-14-13(17-9-18-15)11-8-10(16)2-3-12(11)21-14/h2-3,8-9H,4-7H2,1H3/p+1. The molecule has 3 heterocycles. The van der Waals surface area contributed by atoms with Crippen LogP contribution in [0.3, 0.4) is 0 Å². The molecular formula is C15H16BrN4O+. The molecule has 0 bridgehead atoms. The van der Waals surface area contributed by atoms with Crippen molar-refractivity contribution in [2.24, 2.45) is 0 Å². The summed E-state index contributed by atoms with van der Waals surface area (Å²) in [4.78, 5) is 12.8. The average molecular weight is 348 g/mol. The third kappa shape index (κ3) is 2.18. The molecule has 0 spiro atoms. The molecular weight excluding hydrogens is 332 g/mol. The molecule has 0 atom stereocenters. The van der Waals surface area contributed by atoms with Crippen LogP contribution in [0.15, 0.2) is 33.4 Å². The molecule has 1 saturated heterocycles. The minimum absolute atomic E-state index is 0.796. The largest absolute Gasteiger partial charge is 0.450 e. The van der Waals surface area contributed by atoms with Gasteiger partial charge in [-0.05, 0) is 18.2 Å². The number of likely N-dealkylation sites (N-methyl/N-ethyl adjacent to an activating group) is 1. The average Bonchev–Trinajstić information content (AvgIpc) is 2.86. The Morgan fingerprint density at radius 1 is 1.24 bits per heavy atom. The molecule has 108 valence electrons. The Hall–Kier alpha value is -1.66. The smallest absolute Gasteiger partial charge is 0.196 e. The maximum Gasteiger partial charge on any atom is 0.196 e. The van der Waals surface area contributed by atoms with Gasteiger partial charge in [0.1, 0.15) is 17.4 Å². The Balaban J connectivity index is 1.88. The van der Waals surface area contributed by atoms with Gasteiger partial charge >= 0.3 is 0 Å². The molecule has 1 N–H and O–H groups in total. The van der Waals surface area contributed by atoms with Crippen molar-refractivity contribution in [2.75, 3.05) is 38.1 Å². The van der Waals surface area contributed by atoms with Crippen LogP contribution in [0.1, 0.15) is 0 Å². The summed E-state index contributed by atoms with van der Waals surface area (Å²) in [6, 6.07) is 6.00. The number of nitrogens with zero attached hydrogens (tertiary/aromatic N) is 3. The third-order valence-electron chi connectivity index (χ3n) is 4.11. The number of hydrogen-bond donors (Lipinski definition) is 1. The molecule has 5 nitrogen and oxygen atoms in total. The monoisotopic (exact) mass is 347 g/mol. The van der Waals surface area contributed by atoms with Gasteiger partial charge in [0.25, 0.3) is 0 Å². The van der Waals surface area contributed by atoms with E-state index in [0.717, 1.165) is 58.5 Å². The number of furan rings is 1. The molecule has 21 heavy (non-hydrogen) atoms. The van der Waals surface area contributed by atoms with E-state index in [1.165, 1.54) is 0 Å². The van der Waals surface area contributed by atoms with Crippen LogP contribution in [0.5, 0.6) is 0 Å². The lowest BCUT2D eigenvalue weighted by atomic mass is 10.2. The van der Waals surface area contributed by atoms with Crippen molar-refractivity contribution in [3.05, 3.63) is 29.0 Å². The zero-order chi connectivity index (χ0) is 14.4. The summed E-state index contributed by atoms with van der Waals surface area (Å²) in [5.74, 6) is 0.917. The van der Waals surface area contributed by atoms with Gasteiger partial charge in [-0.3, -0.25) is 0 Å². The first-order chi connectivity index (χ1) is 10.2. The first-order valence-electron chi connectivity index (χ1n) is 7.11. The van der Waals surface area contributed by atoms with Gasteiger partial charge < -0.3 is 14.2 Å². The van der Waals surface area contributed by atoms with E-state index in [1.54, 1.807) is 11.2 Å². The zero-order valence-electron chi connectivity index (χ0n) is 11.8. The highest BCUT2D eigenvalue weighted by atomic mass is 79.9. The summed E-state index contributed by atoms with van der Waals surface area (Å²) in [6.07, 6.45) is 1.64. The molecule has 0 saturated carbocycles. The van der Waals surface area contributed by atoms with Crippen molar-refractivity contribution in [3.63, 3.8) is 0 Å². The molecule has 0 amide bonds. The highest BCUT2D eigenvalue weighted by Crippen LogP contribution is 2.33. The molecule has 3 aromatic rings. The minimum atomic E-state index is 0.796. The van der Waals surface area contributed by atoms with Crippen molar-refractivity contribution in [1.82, 2.24) is 9.97 Å². The number of halogens is 1. The summed E-state index contributed by atoms with van der Waals surface area (Å²) in [5, 5.41) is 1.03. The lowest BCUT2D eigenvalue weighted by Crippen LogP contribution is -3.12. The van der Waals surface area contributed by atoms with Gasteiger partial charge in [0.15, 0.2) is 11.4 Å². The van der Waals surface area contributed by atoms with E-state index < -0.39 is 0 Å². The molecule has 0 radical (unpaired) electrons. The number of hydrogen-bond acceptors (Lipinski definition) is 4. The van der Waals surface area contributed by atoms with Gasteiger partial charge in [-0.1, -0.05) is 15.9 Å². The summed E-state index contributed by atoms with van der Waals surface area (Å²) in [5.41, 5.74) is 2.54. The van der Waals surface area contributed by atoms with Gasteiger partial charge in [0.05, 0.1) is 33.2 Å². The summed E-state index contributed by atoms with van der Waals surface area (Å²) >= 11 is 3.51. The number of piperazine rings is 1. The van der Waals surface area contributed by atoms with Crippen molar-refractivity contribution in [1.29, 1.82) is 0 Å². The first-order valence-corrected chi connectivity index (χ1v) is 7.91. The second-order valence-corrected chi connectivity index (χ2v) is 6.48. The second kappa shape index (κ2) is 4.96. The number of quaternary nitrogens is 1. The van der Waals surface area contributed by atoms with Crippen molar-refractivity contribution in [2.45, 2.75) is 0 Å². The first kappa shape index (κ1) is 13.0. The molecule has 4 rings (SSSR count). The molecule has 0 unspecified atom stereocenters. The highest BCUT2D eigenvalue weighted by molar-refractivity contribution is 9.10. The fraction of sp³-hybridized carbons (Fsp3) is 0.333. The number of fused-ring (bicyclic) bond motifs is 3. The van der Waals surface area contributed by atoms with Crippen LogP contribution in [-0.4, -0.2) is 43.2 Å². The number of anilines is 1. The maximum atomic E-state index is 6.02. The summed E-state index contributed by atoms with van der Waals surface area (Å²) in [7, 11) is 2.23. The molecule has 2 aromatic heterocycles. The van der Waals surface area contributed by atoms with Crippen LogP contribution >= 0.6 is 15.9 Å². The van der Waals surface area contributed by atoms with E-state index in [1.807, 2.05) is 18.2 Å². The molecule has 6 heteroatoms. The fourth-order valence-electron chi connectivity index (χ4n) is 2.86. The Kier molecular flexibility index (Phi) is 3.08. The summed E-state index contributed by atoms with van der Waals surface area (Å²) < 4.78 is 7.05. The van der Waals surface area contributed by atoms with Crippen LogP contribution < -0.4 is 9.80 Å². The van der Waals surface area contributed by atoms with E-state index in [-0.39, 0.29) is 0 Å². The van der Waals surface area contributed by atoms with Gasteiger partial charge in [-0.15, -0.1) is 0 Å². The maximum absolute atomic E-state index is 6.02. The normalized spacial score (nSPS) is 17.0. The van der Waals surface area contributed by atoms with Gasteiger partial charge in [-0.25, -0.2) is 9.97 Å². The molecule has 1 aliphatic heterocycles. The van der Waals surface area contributed by atoms with Crippen LogP contribution in [0.25, 0.3) is 22.1 Å². The SMILES string of the molecule is C[NH+]1CCN(c2ncnc3c2oc2ccc(Br)cc23)CC1. The zero-order valence-corrected chi connectivity index (χ0v) is 13.4. The Morgan fingerprint density at radius 2 is 2.05 bits per heavy atom. The highest BCUT2D eigenvalue weighted by Gasteiger charge is 2.22. The predicted molar refractivity (Wildman–Crippen MR) is 85.8 cm³/mol. The number of benzene rings is 1. The Morgan fingerprint density at radius 3 is 2.86 bits per heavy atom.